The molecule has 5 heteroatoms. The van der Waals surface area contributed by atoms with Crippen LogP contribution in [0.25, 0.3) is 11.0 Å². The van der Waals surface area contributed by atoms with Crippen molar-refractivity contribution in [2.45, 2.75) is 6.92 Å². The van der Waals surface area contributed by atoms with Gasteiger partial charge < -0.3 is 13.9 Å². The number of fused-ring (bicyclic) bond motifs is 1. The fourth-order valence-corrected chi connectivity index (χ4v) is 2.22. The number of carbonyl (C=O) groups excluding carboxylic acids is 1. The van der Waals surface area contributed by atoms with Gasteiger partial charge in [0.25, 0.3) is 0 Å². The molecule has 0 aliphatic heterocycles. The zero-order valence-corrected chi connectivity index (χ0v) is 12.7. The quantitative estimate of drug-likeness (QED) is 0.548. The fraction of sp³-hybridized carbons (Fsp3) is 0.111. The van der Waals surface area contributed by atoms with Crippen LogP contribution in [0, 0.1) is 6.92 Å². The van der Waals surface area contributed by atoms with E-state index in [2.05, 4.69) is 0 Å². The zero-order chi connectivity index (χ0) is 16.4. The Morgan fingerprint density at radius 1 is 1.04 bits per heavy atom. The third-order valence-electron chi connectivity index (χ3n) is 3.42. The van der Waals surface area contributed by atoms with Gasteiger partial charge in [0.05, 0.1) is 12.5 Å². The summed E-state index contributed by atoms with van der Waals surface area (Å²) in [6.07, 6.45) is 0. The number of esters is 1. The van der Waals surface area contributed by atoms with Gasteiger partial charge in [-0.3, -0.25) is 4.79 Å². The molecule has 3 rings (SSSR count). The second-order valence-corrected chi connectivity index (χ2v) is 4.99. The summed E-state index contributed by atoms with van der Waals surface area (Å²) in [5, 5.41) is 0.436. The summed E-state index contributed by atoms with van der Waals surface area (Å²) in [4.78, 5) is 24.3. The number of ether oxygens (including phenoxy) is 2. The van der Waals surface area contributed by atoms with Crippen LogP contribution < -0.4 is 14.9 Å². The monoisotopic (exact) mass is 310 g/mol. The van der Waals surface area contributed by atoms with Gasteiger partial charge in [-0.05, 0) is 42.8 Å². The zero-order valence-electron chi connectivity index (χ0n) is 12.7. The number of hydrogen-bond donors (Lipinski definition) is 0. The van der Waals surface area contributed by atoms with E-state index in [0.29, 0.717) is 22.5 Å². The first-order valence-electron chi connectivity index (χ1n) is 6.98. The number of benzene rings is 2. The highest BCUT2D eigenvalue weighted by Gasteiger charge is 2.15. The molecule has 23 heavy (non-hydrogen) atoms. The number of rotatable bonds is 3. The third-order valence-corrected chi connectivity index (χ3v) is 3.42. The summed E-state index contributed by atoms with van der Waals surface area (Å²) in [5.74, 6) is 0.131. The minimum atomic E-state index is -0.725. The molecule has 0 radical (unpaired) electrons. The molecular formula is C18H14O5. The Hall–Kier alpha value is -3.08. The first kappa shape index (κ1) is 14.8. The summed E-state index contributed by atoms with van der Waals surface area (Å²) in [5.41, 5.74) is 0.886. The van der Waals surface area contributed by atoms with Crippen LogP contribution in [0.3, 0.4) is 0 Å². The lowest BCUT2D eigenvalue weighted by Crippen LogP contribution is -2.12. The van der Waals surface area contributed by atoms with Crippen molar-refractivity contribution in [3.63, 3.8) is 0 Å². The second kappa shape index (κ2) is 5.96. The molecule has 1 aromatic heterocycles. The molecule has 0 saturated carbocycles. The molecule has 0 spiro atoms. The highest BCUT2D eigenvalue weighted by molar-refractivity contribution is 5.90. The molecule has 0 atom stereocenters. The number of carbonyl (C=O) groups is 1. The van der Waals surface area contributed by atoms with Crippen LogP contribution in [0.15, 0.2) is 57.7 Å². The topological polar surface area (TPSA) is 65.7 Å². The van der Waals surface area contributed by atoms with Gasteiger partial charge >= 0.3 is 5.97 Å². The smallest absolute Gasteiger partial charge is 0.379 e. The lowest BCUT2D eigenvalue weighted by molar-refractivity contribution is 0.0702. The van der Waals surface area contributed by atoms with E-state index in [4.69, 9.17) is 13.9 Å². The second-order valence-electron chi connectivity index (χ2n) is 4.99. The molecule has 5 nitrogen and oxygen atoms in total. The van der Waals surface area contributed by atoms with Crippen LogP contribution in [0.1, 0.15) is 16.1 Å². The standard InChI is InChI=1S/C18H14O5/c1-11-4-3-5-14-15(19)10-16(23-17(11)14)18(20)22-13-8-6-12(21-2)7-9-13/h3-10H,1-2H3. The van der Waals surface area contributed by atoms with Gasteiger partial charge in [-0.15, -0.1) is 0 Å². The van der Waals surface area contributed by atoms with Crippen LogP contribution >= 0.6 is 0 Å². The van der Waals surface area contributed by atoms with Crippen LogP contribution in [-0.4, -0.2) is 13.1 Å². The Bertz CT molecular complexity index is 922. The van der Waals surface area contributed by atoms with Gasteiger partial charge in [0.1, 0.15) is 17.1 Å². The summed E-state index contributed by atoms with van der Waals surface area (Å²) in [6, 6.07) is 12.9. The highest BCUT2D eigenvalue weighted by atomic mass is 16.5. The third kappa shape index (κ3) is 2.94. The normalized spacial score (nSPS) is 10.5. The maximum atomic E-state index is 12.2. The molecule has 116 valence electrons. The maximum Gasteiger partial charge on any atom is 0.379 e. The largest absolute Gasteiger partial charge is 0.497 e. The summed E-state index contributed by atoms with van der Waals surface area (Å²) < 4.78 is 15.8. The van der Waals surface area contributed by atoms with Gasteiger partial charge in [0, 0.05) is 6.07 Å². The fourth-order valence-electron chi connectivity index (χ4n) is 2.22. The van der Waals surface area contributed by atoms with Crippen molar-refractivity contribution in [1.82, 2.24) is 0 Å². The van der Waals surface area contributed by atoms with E-state index in [1.165, 1.54) is 0 Å². The minimum absolute atomic E-state index is 0.132. The molecular weight excluding hydrogens is 296 g/mol. The lowest BCUT2D eigenvalue weighted by atomic mass is 10.1. The van der Waals surface area contributed by atoms with E-state index in [1.54, 1.807) is 43.5 Å². The molecule has 3 aromatic rings. The summed E-state index contributed by atoms with van der Waals surface area (Å²) >= 11 is 0. The van der Waals surface area contributed by atoms with Gasteiger partial charge in [-0.1, -0.05) is 12.1 Å². The number of hydrogen-bond acceptors (Lipinski definition) is 5. The van der Waals surface area contributed by atoms with E-state index in [0.717, 1.165) is 11.6 Å². The van der Waals surface area contributed by atoms with Gasteiger partial charge in [0.2, 0.25) is 5.76 Å². The number of aryl methyl sites for hydroxylation is 1. The van der Waals surface area contributed by atoms with Crippen molar-refractivity contribution in [3.05, 3.63) is 70.1 Å². The molecule has 0 bridgehead atoms. The molecule has 1 heterocycles. The molecule has 0 N–H and O–H groups in total. The van der Waals surface area contributed by atoms with E-state index in [-0.39, 0.29) is 11.2 Å². The van der Waals surface area contributed by atoms with Crippen molar-refractivity contribution in [3.8, 4) is 11.5 Å². The van der Waals surface area contributed by atoms with E-state index in [9.17, 15) is 9.59 Å². The van der Waals surface area contributed by atoms with Crippen LogP contribution in [0.4, 0.5) is 0 Å². The molecule has 0 amide bonds. The van der Waals surface area contributed by atoms with Crippen molar-refractivity contribution < 1.29 is 18.7 Å². The predicted molar refractivity (Wildman–Crippen MR) is 85.2 cm³/mol. The molecule has 0 fully saturated rings. The minimum Gasteiger partial charge on any atom is -0.497 e. The maximum absolute atomic E-state index is 12.2. The van der Waals surface area contributed by atoms with Crippen molar-refractivity contribution >= 4 is 16.9 Å². The van der Waals surface area contributed by atoms with Crippen molar-refractivity contribution in [2.24, 2.45) is 0 Å². The average molecular weight is 310 g/mol. The van der Waals surface area contributed by atoms with Crippen LogP contribution in [0.5, 0.6) is 11.5 Å². The Labute approximate surface area is 132 Å². The molecule has 0 aliphatic rings. The molecule has 0 saturated heterocycles. The highest BCUT2D eigenvalue weighted by Crippen LogP contribution is 2.20. The van der Waals surface area contributed by atoms with Crippen LogP contribution in [0.2, 0.25) is 0 Å². The summed E-state index contributed by atoms with van der Waals surface area (Å²) in [7, 11) is 1.55. The Morgan fingerprint density at radius 3 is 2.43 bits per heavy atom. The lowest BCUT2D eigenvalue weighted by Gasteiger charge is -2.06. The number of para-hydroxylation sites is 1. The SMILES string of the molecule is COc1ccc(OC(=O)c2cc(=O)c3cccc(C)c3o2)cc1. The van der Waals surface area contributed by atoms with E-state index in [1.807, 2.05) is 13.0 Å². The Balaban J connectivity index is 1.94. The van der Waals surface area contributed by atoms with Gasteiger partial charge in [0.15, 0.2) is 5.43 Å². The van der Waals surface area contributed by atoms with Crippen molar-refractivity contribution in [2.75, 3.05) is 7.11 Å². The first-order chi connectivity index (χ1) is 11.1. The molecule has 2 aromatic carbocycles. The average Bonchev–Trinajstić information content (AvgIpc) is 2.56. The van der Waals surface area contributed by atoms with E-state index >= 15 is 0 Å². The molecule has 0 aliphatic carbocycles. The first-order valence-corrected chi connectivity index (χ1v) is 6.98. The van der Waals surface area contributed by atoms with Crippen LogP contribution in [-0.2, 0) is 0 Å². The van der Waals surface area contributed by atoms with Gasteiger partial charge in [-0.2, -0.15) is 0 Å². The van der Waals surface area contributed by atoms with E-state index < -0.39 is 5.97 Å². The Kier molecular flexibility index (Phi) is 3.85. The molecule has 0 unspecified atom stereocenters. The number of methoxy groups -OCH3 is 1. The Morgan fingerprint density at radius 2 is 1.74 bits per heavy atom. The van der Waals surface area contributed by atoms with Gasteiger partial charge in [-0.25, -0.2) is 4.79 Å². The summed E-state index contributed by atoms with van der Waals surface area (Å²) in [6.45, 7) is 1.81. The van der Waals surface area contributed by atoms with Crippen molar-refractivity contribution in [1.29, 1.82) is 0 Å². The predicted octanol–water partition coefficient (Wildman–Crippen LogP) is 3.33.